The molecule has 0 aliphatic heterocycles. The lowest BCUT2D eigenvalue weighted by Crippen LogP contribution is -2.20. The molecule has 0 radical (unpaired) electrons. The molecule has 0 fully saturated rings. The minimum absolute atomic E-state index is 0.0395. The molecule has 16 heavy (non-hydrogen) atoms. The second-order valence-corrected chi connectivity index (χ2v) is 3.36. The van der Waals surface area contributed by atoms with Crippen LogP contribution in [0.3, 0.4) is 0 Å². The van der Waals surface area contributed by atoms with E-state index in [0.29, 0.717) is 5.75 Å². The predicted molar refractivity (Wildman–Crippen MR) is 62.9 cm³/mol. The maximum absolute atomic E-state index is 10.6. The van der Waals surface area contributed by atoms with Crippen LogP contribution in [-0.4, -0.2) is 24.2 Å². The summed E-state index contributed by atoms with van der Waals surface area (Å²) < 4.78 is 5.43. The van der Waals surface area contributed by atoms with Crippen molar-refractivity contribution in [3.8, 4) is 5.75 Å². The summed E-state index contributed by atoms with van der Waals surface area (Å²) >= 11 is 0. The topological polar surface area (TPSA) is 58.6 Å². The number of ether oxygens (including phenoxy) is 1. The molecular weight excluding hydrogens is 206 g/mol. The van der Waals surface area contributed by atoms with Crippen LogP contribution in [0.1, 0.15) is 6.92 Å². The molecule has 4 nitrogen and oxygen atoms in total. The predicted octanol–water partition coefficient (Wildman–Crippen LogP) is 2.14. The molecule has 1 aromatic carbocycles. The average molecular weight is 221 g/mol. The summed E-state index contributed by atoms with van der Waals surface area (Å²) in [6.45, 7) is 5.10. The van der Waals surface area contributed by atoms with Gasteiger partial charge in [0, 0.05) is 12.7 Å². The summed E-state index contributed by atoms with van der Waals surface area (Å²) in [4.78, 5) is 10.6. The first-order valence-electron chi connectivity index (χ1n) is 4.91. The Bertz CT molecular complexity index is 384. The number of hydrogen-bond donors (Lipinski definition) is 2. The van der Waals surface area contributed by atoms with Gasteiger partial charge in [0.15, 0.2) is 0 Å². The van der Waals surface area contributed by atoms with Crippen molar-refractivity contribution in [1.29, 1.82) is 0 Å². The van der Waals surface area contributed by atoms with Crippen LogP contribution in [0.2, 0.25) is 0 Å². The lowest BCUT2D eigenvalue weighted by Gasteiger charge is -2.14. The van der Waals surface area contributed by atoms with Gasteiger partial charge < -0.3 is 15.2 Å². The maximum atomic E-state index is 10.6. The van der Waals surface area contributed by atoms with Gasteiger partial charge in [-0.1, -0.05) is 6.58 Å². The van der Waals surface area contributed by atoms with Crippen molar-refractivity contribution >= 4 is 11.7 Å². The lowest BCUT2D eigenvalue weighted by atomic mass is 10.2. The van der Waals surface area contributed by atoms with E-state index in [9.17, 15) is 4.79 Å². The molecule has 0 aromatic heterocycles. The highest BCUT2D eigenvalue weighted by atomic mass is 16.5. The van der Waals surface area contributed by atoms with E-state index in [1.807, 2.05) is 19.2 Å². The minimum Gasteiger partial charge on any atom is -0.486 e. The van der Waals surface area contributed by atoms with Gasteiger partial charge in [-0.25, -0.2) is 4.79 Å². The van der Waals surface area contributed by atoms with Crippen LogP contribution >= 0.6 is 0 Å². The largest absolute Gasteiger partial charge is 0.486 e. The standard InChI is InChI=1S/C12H15NO3/c1-8(12(14)15)9(2)16-11-6-4-10(13-3)5-7-11/h4-7,9,13H,1H2,2-3H3,(H,14,15). The van der Waals surface area contributed by atoms with E-state index in [1.54, 1.807) is 19.1 Å². The molecule has 0 aliphatic rings. The minimum atomic E-state index is -1.04. The molecule has 0 amide bonds. The zero-order valence-electron chi connectivity index (χ0n) is 9.36. The fraction of sp³-hybridized carbons (Fsp3) is 0.250. The van der Waals surface area contributed by atoms with Crippen LogP contribution in [0.4, 0.5) is 5.69 Å². The third-order valence-electron chi connectivity index (χ3n) is 2.22. The van der Waals surface area contributed by atoms with E-state index >= 15 is 0 Å². The Balaban J connectivity index is 2.66. The van der Waals surface area contributed by atoms with Gasteiger partial charge in [-0.3, -0.25) is 0 Å². The SMILES string of the molecule is C=C(C(=O)O)C(C)Oc1ccc(NC)cc1. The number of nitrogens with one attached hydrogen (secondary N) is 1. The van der Waals surface area contributed by atoms with Crippen molar-refractivity contribution in [1.82, 2.24) is 0 Å². The number of anilines is 1. The molecule has 0 spiro atoms. The molecule has 0 saturated heterocycles. The van der Waals surface area contributed by atoms with Crippen LogP contribution in [-0.2, 0) is 4.79 Å². The second kappa shape index (κ2) is 5.21. The van der Waals surface area contributed by atoms with Gasteiger partial charge in [0.1, 0.15) is 11.9 Å². The summed E-state index contributed by atoms with van der Waals surface area (Å²) in [7, 11) is 1.82. The molecule has 4 heteroatoms. The van der Waals surface area contributed by atoms with Crippen molar-refractivity contribution in [3.05, 3.63) is 36.4 Å². The van der Waals surface area contributed by atoms with Crippen LogP contribution in [0.5, 0.6) is 5.75 Å². The van der Waals surface area contributed by atoms with Crippen LogP contribution in [0.15, 0.2) is 36.4 Å². The molecule has 0 heterocycles. The summed E-state index contributed by atoms with van der Waals surface area (Å²) in [5.41, 5.74) is 1.01. The molecular formula is C12H15NO3. The number of rotatable bonds is 5. The summed E-state index contributed by atoms with van der Waals surface area (Å²) in [5.74, 6) is -0.423. The Morgan fingerprint density at radius 2 is 2.00 bits per heavy atom. The summed E-state index contributed by atoms with van der Waals surface area (Å²) in [6.07, 6.45) is -0.544. The molecule has 1 atom stereocenters. The maximum Gasteiger partial charge on any atom is 0.334 e. The number of carboxylic acids is 1. The van der Waals surface area contributed by atoms with Gasteiger partial charge in [-0.05, 0) is 31.2 Å². The average Bonchev–Trinajstić information content (AvgIpc) is 2.28. The van der Waals surface area contributed by atoms with Gasteiger partial charge in [0.05, 0.1) is 5.57 Å². The van der Waals surface area contributed by atoms with Crippen molar-refractivity contribution < 1.29 is 14.6 Å². The van der Waals surface area contributed by atoms with Crippen molar-refractivity contribution in [2.45, 2.75) is 13.0 Å². The van der Waals surface area contributed by atoms with E-state index in [0.717, 1.165) is 5.69 Å². The van der Waals surface area contributed by atoms with E-state index in [-0.39, 0.29) is 5.57 Å². The molecule has 0 saturated carbocycles. The third-order valence-corrected chi connectivity index (χ3v) is 2.22. The van der Waals surface area contributed by atoms with E-state index in [2.05, 4.69) is 11.9 Å². The number of aliphatic carboxylic acids is 1. The fourth-order valence-corrected chi connectivity index (χ4v) is 1.15. The van der Waals surface area contributed by atoms with E-state index in [1.165, 1.54) is 0 Å². The van der Waals surface area contributed by atoms with Gasteiger partial charge in [0.25, 0.3) is 0 Å². The first-order chi connectivity index (χ1) is 7.54. The zero-order chi connectivity index (χ0) is 12.1. The summed E-state index contributed by atoms with van der Waals surface area (Å²) in [6, 6.07) is 7.26. The van der Waals surface area contributed by atoms with Crippen molar-refractivity contribution in [2.75, 3.05) is 12.4 Å². The van der Waals surface area contributed by atoms with Crippen LogP contribution in [0.25, 0.3) is 0 Å². The molecule has 86 valence electrons. The molecule has 1 rings (SSSR count). The van der Waals surface area contributed by atoms with Crippen molar-refractivity contribution in [2.24, 2.45) is 0 Å². The van der Waals surface area contributed by atoms with Crippen LogP contribution in [0, 0.1) is 0 Å². The monoisotopic (exact) mass is 221 g/mol. The smallest absolute Gasteiger partial charge is 0.334 e. The zero-order valence-corrected chi connectivity index (χ0v) is 9.36. The molecule has 0 aliphatic carbocycles. The molecule has 1 unspecified atom stereocenters. The van der Waals surface area contributed by atoms with Gasteiger partial charge in [0.2, 0.25) is 0 Å². The number of hydrogen-bond acceptors (Lipinski definition) is 3. The highest BCUT2D eigenvalue weighted by Crippen LogP contribution is 2.18. The fourth-order valence-electron chi connectivity index (χ4n) is 1.15. The van der Waals surface area contributed by atoms with E-state index in [4.69, 9.17) is 9.84 Å². The first-order valence-corrected chi connectivity index (χ1v) is 4.91. The lowest BCUT2D eigenvalue weighted by molar-refractivity contribution is -0.133. The molecule has 1 aromatic rings. The number of carbonyl (C=O) groups is 1. The Morgan fingerprint density at radius 3 is 2.44 bits per heavy atom. The number of carboxylic acid groups (broad SMARTS) is 1. The Morgan fingerprint density at radius 1 is 1.44 bits per heavy atom. The van der Waals surface area contributed by atoms with Crippen molar-refractivity contribution in [3.63, 3.8) is 0 Å². The van der Waals surface area contributed by atoms with Gasteiger partial charge in [-0.15, -0.1) is 0 Å². The normalized spacial score (nSPS) is 11.6. The Labute approximate surface area is 94.6 Å². The van der Waals surface area contributed by atoms with Crippen LogP contribution < -0.4 is 10.1 Å². The highest BCUT2D eigenvalue weighted by Gasteiger charge is 2.14. The first kappa shape index (κ1) is 12.1. The number of benzene rings is 1. The Kier molecular flexibility index (Phi) is 3.94. The van der Waals surface area contributed by atoms with Gasteiger partial charge >= 0.3 is 5.97 Å². The Hall–Kier alpha value is -1.97. The van der Waals surface area contributed by atoms with Gasteiger partial charge in [-0.2, -0.15) is 0 Å². The molecule has 0 bridgehead atoms. The highest BCUT2D eigenvalue weighted by molar-refractivity contribution is 5.86. The summed E-state index contributed by atoms with van der Waals surface area (Å²) in [5, 5.41) is 11.7. The quantitative estimate of drug-likeness (QED) is 0.748. The second-order valence-electron chi connectivity index (χ2n) is 3.36. The third kappa shape index (κ3) is 3.02. The van der Waals surface area contributed by atoms with E-state index < -0.39 is 12.1 Å². The molecule has 2 N–H and O–H groups in total.